The van der Waals surface area contributed by atoms with Crippen molar-refractivity contribution in [2.75, 3.05) is 12.8 Å². The van der Waals surface area contributed by atoms with Gasteiger partial charge in [0, 0.05) is 6.20 Å². The molecule has 0 fully saturated rings. The molecule has 0 saturated carbocycles. The smallest absolute Gasteiger partial charge is 0.134 e. The highest BCUT2D eigenvalue weighted by atomic mass is 16.5. The van der Waals surface area contributed by atoms with E-state index in [0.717, 1.165) is 22.1 Å². The van der Waals surface area contributed by atoms with Gasteiger partial charge in [-0.3, -0.25) is 0 Å². The Hall–Kier alpha value is -1.77. The second-order valence-electron chi connectivity index (χ2n) is 3.26. The lowest BCUT2D eigenvalue weighted by molar-refractivity contribution is 0.419. The van der Waals surface area contributed by atoms with Crippen LogP contribution in [-0.4, -0.2) is 12.1 Å². The number of nitrogens with two attached hydrogens (primary N) is 1. The summed E-state index contributed by atoms with van der Waals surface area (Å²) in [4.78, 5) is 4.04. The summed E-state index contributed by atoms with van der Waals surface area (Å²) in [5, 5.41) is 1.95. The first-order valence-corrected chi connectivity index (χ1v) is 4.41. The number of pyridine rings is 1. The van der Waals surface area contributed by atoms with Crippen LogP contribution < -0.4 is 10.5 Å². The van der Waals surface area contributed by atoms with E-state index in [1.807, 2.05) is 19.1 Å². The maximum Gasteiger partial charge on any atom is 0.134 e. The van der Waals surface area contributed by atoms with Gasteiger partial charge in [0.15, 0.2) is 0 Å². The number of ether oxygens (including phenoxy) is 1. The van der Waals surface area contributed by atoms with Gasteiger partial charge in [0.25, 0.3) is 0 Å². The van der Waals surface area contributed by atoms with Gasteiger partial charge in [0.1, 0.15) is 11.6 Å². The summed E-state index contributed by atoms with van der Waals surface area (Å²) in [5.74, 6) is 1.30. The van der Waals surface area contributed by atoms with Crippen LogP contribution in [-0.2, 0) is 0 Å². The van der Waals surface area contributed by atoms with Gasteiger partial charge in [-0.1, -0.05) is 6.07 Å². The molecular formula is C11H12N2O. The molecule has 0 bridgehead atoms. The van der Waals surface area contributed by atoms with Crippen LogP contribution >= 0.6 is 0 Å². The molecule has 0 amide bonds. The van der Waals surface area contributed by atoms with E-state index >= 15 is 0 Å². The second kappa shape index (κ2) is 3.18. The average Bonchev–Trinajstić information content (AvgIpc) is 2.16. The van der Waals surface area contributed by atoms with Crippen molar-refractivity contribution in [1.82, 2.24) is 4.98 Å². The van der Waals surface area contributed by atoms with Crippen LogP contribution in [0.5, 0.6) is 5.75 Å². The van der Waals surface area contributed by atoms with Gasteiger partial charge in [0.2, 0.25) is 0 Å². The summed E-state index contributed by atoms with van der Waals surface area (Å²) < 4.78 is 5.27. The van der Waals surface area contributed by atoms with Crippen molar-refractivity contribution in [1.29, 1.82) is 0 Å². The third-order valence-electron chi connectivity index (χ3n) is 2.22. The van der Waals surface area contributed by atoms with Crippen LogP contribution in [0, 0.1) is 6.92 Å². The summed E-state index contributed by atoms with van der Waals surface area (Å²) in [6.45, 7) is 2.03. The Morgan fingerprint density at radius 1 is 1.36 bits per heavy atom. The summed E-state index contributed by atoms with van der Waals surface area (Å²) in [6.07, 6.45) is 1.70. The van der Waals surface area contributed by atoms with E-state index in [2.05, 4.69) is 11.1 Å². The van der Waals surface area contributed by atoms with Crippen LogP contribution in [0.2, 0.25) is 0 Å². The third-order valence-corrected chi connectivity index (χ3v) is 2.22. The number of rotatable bonds is 1. The molecule has 1 heterocycles. The predicted molar refractivity (Wildman–Crippen MR) is 57.4 cm³/mol. The lowest BCUT2D eigenvalue weighted by atomic mass is 10.1. The highest BCUT2D eigenvalue weighted by Gasteiger charge is 2.06. The monoisotopic (exact) mass is 188 g/mol. The predicted octanol–water partition coefficient (Wildman–Crippen LogP) is 2.13. The zero-order chi connectivity index (χ0) is 10.1. The van der Waals surface area contributed by atoms with Crippen molar-refractivity contribution in [3.63, 3.8) is 0 Å². The summed E-state index contributed by atoms with van der Waals surface area (Å²) >= 11 is 0. The Bertz CT molecular complexity index is 480. The van der Waals surface area contributed by atoms with Crippen LogP contribution in [0.25, 0.3) is 10.8 Å². The van der Waals surface area contributed by atoms with Gasteiger partial charge in [-0.25, -0.2) is 4.98 Å². The first-order valence-electron chi connectivity index (χ1n) is 4.41. The molecule has 0 atom stereocenters. The van der Waals surface area contributed by atoms with Crippen molar-refractivity contribution in [3.05, 3.63) is 30.0 Å². The van der Waals surface area contributed by atoms with Crippen LogP contribution in [0.15, 0.2) is 24.4 Å². The normalized spacial score (nSPS) is 10.4. The van der Waals surface area contributed by atoms with Gasteiger partial charge >= 0.3 is 0 Å². The van der Waals surface area contributed by atoms with Crippen LogP contribution in [0.3, 0.4) is 0 Å². The molecule has 0 saturated heterocycles. The number of hydrogen-bond donors (Lipinski definition) is 1. The molecule has 0 aliphatic rings. The molecule has 2 aromatic rings. The molecular weight excluding hydrogens is 176 g/mol. The fourth-order valence-electron chi connectivity index (χ4n) is 1.61. The standard InChI is InChI=1S/C11H12N2O/c1-7-5-8-3-4-13-11(12)10(8)9(6-7)14-2/h3-6H,1-2H3,(H2,12,13). The highest BCUT2D eigenvalue weighted by molar-refractivity contribution is 5.96. The molecule has 2 N–H and O–H groups in total. The zero-order valence-electron chi connectivity index (χ0n) is 8.24. The Labute approximate surface area is 82.5 Å². The van der Waals surface area contributed by atoms with Crippen molar-refractivity contribution in [3.8, 4) is 5.75 Å². The Morgan fingerprint density at radius 2 is 2.14 bits per heavy atom. The average molecular weight is 188 g/mol. The summed E-state index contributed by atoms with van der Waals surface area (Å²) in [6, 6.07) is 5.96. The lowest BCUT2D eigenvalue weighted by Gasteiger charge is -2.08. The molecule has 0 unspecified atom stereocenters. The number of aryl methyl sites for hydroxylation is 1. The van der Waals surface area contributed by atoms with E-state index in [-0.39, 0.29) is 0 Å². The van der Waals surface area contributed by atoms with Gasteiger partial charge in [-0.05, 0) is 30.0 Å². The largest absolute Gasteiger partial charge is 0.496 e. The maximum atomic E-state index is 5.79. The van der Waals surface area contributed by atoms with Crippen LogP contribution in [0.1, 0.15) is 5.56 Å². The van der Waals surface area contributed by atoms with E-state index in [9.17, 15) is 0 Å². The van der Waals surface area contributed by atoms with Gasteiger partial charge in [0.05, 0.1) is 12.5 Å². The first kappa shape index (κ1) is 8.81. The Kier molecular flexibility index (Phi) is 2.00. The minimum Gasteiger partial charge on any atom is -0.496 e. The van der Waals surface area contributed by atoms with Gasteiger partial charge in [-0.2, -0.15) is 0 Å². The number of benzene rings is 1. The maximum absolute atomic E-state index is 5.79. The molecule has 3 nitrogen and oxygen atoms in total. The molecule has 1 aromatic carbocycles. The fraction of sp³-hybridized carbons (Fsp3) is 0.182. The summed E-state index contributed by atoms with van der Waals surface area (Å²) in [5.41, 5.74) is 6.94. The van der Waals surface area contributed by atoms with E-state index in [0.29, 0.717) is 5.82 Å². The third kappa shape index (κ3) is 1.27. The Morgan fingerprint density at radius 3 is 2.86 bits per heavy atom. The first-order chi connectivity index (χ1) is 6.72. The molecule has 0 spiro atoms. The Balaban J connectivity index is 2.88. The SMILES string of the molecule is COc1cc(C)cc2ccnc(N)c12. The number of fused-ring (bicyclic) bond motifs is 1. The zero-order valence-corrected chi connectivity index (χ0v) is 8.24. The van der Waals surface area contributed by atoms with Crippen LogP contribution in [0.4, 0.5) is 5.82 Å². The van der Waals surface area contributed by atoms with Crippen molar-refractivity contribution in [2.45, 2.75) is 6.92 Å². The van der Waals surface area contributed by atoms with Crippen molar-refractivity contribution < 1.29 is 4.74 Å². The number of aromatic nitrogens is 1. The summed E-state index contributed by atoms with van der Waals surface area (Å²) in [7, 11) is 1.64. The molecule has 2 rings (SSSR count). The molecule has 0 aliphatic heterocycles. The number of nitrogen functional groups attached to an aromatic ring is 1. The van der Waals surface area contributed by atoms with E-state index in [1.165, 1.54) is 0 Å². The van der Waals surface area contributed by atoms with Crippen molar-refractivity contribution >= 4 is 16.6 Å². The minimum absolute atomic E-state index is 0.513. The topological polar surface area (TPSA) is 48.1 Å². The van der Waals surface area contributed by atoms with E-state index in [4.69, 9.17) is 10.5 Å². The lowest BCUT2D eigenvalue weighted by Crippen LogP contribution is -1.94. The van der Waals surface area contributed by atoms with E-state index in [1.54, 1.807) is 13.3 Å². The number of anilines is 1. The second-order valence-corrected chi connectivity index (χ2v) is 3.26. The van der Waals surface area contributed by atoms with E-state index < -0.39 is 0 Å². The number of hydrogen-bond acceptors (Lipinski definition) is 3. The van der Waals surface area contributed by atoms with Gasteiger partial charge < -0.3 is 10.5 Å². The molecule has 0 radical (unpaired) electrons. The fourth-order valence-corrected chi connectivity index (χ4v) is 1.61. The molecule has 1 aromatic heterocycles. The number of methoxy groups -OCH3 is 1. The number of nitrogens with zero attached hydrogens (tertiary/aromatic N) is 1. The molecule has 72 valence electrons. The highest BCUT2D eigenvalue weighted by Crippen LogP contribution is 2.30. The molecule has 14 heavy (non-hydrogen) atoms. The van der Waals surface area contributed by atoms with Crippen molar-refractivity contribution in [2.24, 2.45) is 0 Å². The quantitative estimate of drug-likeness (QED) is 0.745. The van der Waals surface area contributed by atoms with Gasteiger partial charge in [-0.15, -0.1) is 0 Å². The molecule has 0 aliphatic carbocycles. The molecule has 3 heteroatoms. The minimum atomic E-state index is 0.513.